The van der Waals surface area contributed by atoms with E-state index in [0.717, 1.165) is 31.2 Å². The van der Waals surface area contributed by atoms with E-state index < -0.39 is 11.7 Å². The summed E-state index contributed by atoms with van der Waals surface area (Å²) in [5.74, 6) is 0.210. The summed E-state index contributed by atoms with van der Waals surface area (Å²) in [4.78, 5) is 11.1. The summed E-state index contributed by atoms with van der Waals surface area (Å²) in [5.41, 5.74) is 0.220. The zero-order chi connectivity index (χ0) is 17.4. The van der Waals surface area contributed by atoms with Gasteiger partial charge in [0.1, 0.15) is 5.56 Å². The van der Waals surface area contributed by atoms with E-state index in [1.165, 1.54) is 0 Å². The Morgan fingerprint density at radius 2 is 2.04 bits per heavy atom. The van der Waals surface area contributed by atoms with Crippen molar-refractivity contribution in [2.45, 2.75) is 18.6 Å². The van der Waals surface area contributed by atoms with Gasteiger partial charge < -0.3 is 15.6 Å². The Morgan fingerprint density at radius 1 is 1.20 bits per heavy atom. The molecule has 1 aliphatic rings. The summed E-state index contributed by atoms with van der Waals surface area (Å²) in [5, 5.41) is 6.99. The standard InChI is InChI=1S/C17H16F3N5/c18-17(19,20)13-9-23-16(24-10-5-6-21-7-10)25-15(13)12-8-22-14-4-2-1-3-11(12)14/h1-4,8-10,21-22H,5-7H2,(H,23,24,25). The third kappa shape index (κ3) is 3.05. The molecule has 2 aromatic heterocycles. The Hall–Kier alpha value is -2.61. The fraction of sp³-hybridized carbons (Fsp3) is 0.294. The summed E-state index contributed by atoms with van der Waals surface area (Å²) in [6, 6.07) is 7.33. The van der Waals surface area contributed by atoms with Crippen molar-refractivity contribution in [3.8, 4) is 11.3 Å². The maximum absolute atomic E-state index is 13.5. The maximum Gasteiger partial charge on any atom is 0.419 e. The van der Waals surface area contributed by atoms with Gasteiger partial charge in [-0.2, -0.15) is 13.2 Å². The molecule has 3 N–H and O–H groups in total. The number of aromatic nitrogens is 3. The summed E-state index contributed by atoms with van der Waals surface area (Å²) in [6.07, 6.45) is -1.23. The number of nitrogens with one attached hydrogen (secondary N) is 3. The van der Waals surface area contributed by atoms with Gasteiger partial charge in [0.15, 0.2) is 0 Å². The lowest BCUT2D eigenvalue weighted by Gasteiger charge is -2.15. The topological polar surface area (TPSA) is 65.6 Å². The SMILES string of the molecule is FC(F)(F)c1cnc(NC2CCNC2)nc1-c1c[nH]c2ccccc12. The molecule has 1 atom stereocenters. The highest BCUT2D eigenvalue weighted by molar-refractivity contribution is 5.95. The first kappa shape index (κ1) is 15.9. The van der Waals surface area contributed by atoms with Crippen molar-refractivity contribution in [2.75, 3.05) is 18.4 Å². The lowest BCUT2D eigenvalue weighted by Crippen LogP contribution is -2.24. The van der Waals surface area contributed by atoms with Crippen LogP contribution >= 0.6 is 0 Å². The normalized spacial score (nSPS) is 18.0. The predicted molar refractivity (Wildman–Crippen MR) is 89.2 cm³/mol. The van der Waals surface area contributed by atoms with E-state index in [9.17, 15) is 13.2 Å². The monoisotopic (exact) mass is 347 g/mol. The molecule has 1 aliphatic heterocycles. The molecule has 0 radical (unpaired) electrons. The van der Waals surface area contributed by atoms with E-state index in [0.29, 0.717) is 10.9 Å². The lowest BCUT2D eigenvalue weighted by molar-refractivity contribution is -0.137. The van der Waals surface area contributed by atoms with Crippen molar-refractivity contribution >= 4 is 16.9 Å². The molecular formula is C17H16F3N5. The van der Waals surface area contributed by atoms with Crippen LogP contribution in [0.3, 0.4) is 0 Å². The summed E-state index contributed by atoms with van der Waals surface area (Å²) < 4.78 is 40.4. The second-order valence-electron chi connectivity index (χ2n) is 6.04. The molecule has 1 aromatic carbocycles. The number of alkyl halides is 3. The molecule has 0 saturated carbocycles. The molecule has 0 bridgehead atoms. The van der Waals surface area contributed by atoms with Crippen LogP contribution in [-0.2, 0) is 6.18 Å². The number of anilines is 1. The molecule has 5 nitrogen and oxygen atoms in total. The van der Waals surface area contributed by atoms with E-state index in [1.54, 1.807) is 18.3 Å². The van der Waals surface area contributed by atoms with E-state index in [1.807, 2.05) is 12.1 Å². The zero-order valence-electron chi connectivity index (χ0n) is 13.2. The van der Waals surface area contributed by atoms with Gasteiger partial charge in [0.05, 0.1) is 5.69 Å². The number of benzene rings is 1. The van der Waals surface area contributed by atoms with Crippen LogP contribution in [0.1, 0.15) is 12.0 Å². The van der Waals surface area contributed by atoms with Crippen LogP contribution in [0.4, 0.5) is 19.1 Å². The van der Waals surface area contributed by atoms with Crippen LogP contribution in [0.15, 0.2) is 36.7 Å². The number of fused-ring (bicyclic) bond motifs is 1. The molecule has 25 heavy (non-hydrogen) atoms. The van der Waals surface area contributed by atoms with Gasteiger partial charge >= 0.3 is 6.18 Å². The highest BCUT2D eigenvalue weighted by atomic mass is 19.4. The molecule has 0 aliphatic carbocycles. The van der Waals surface area contributed by atoms with Gasteiger partial charge in [-0.05, 0) is 19.0 Å². The minimum Gasteiger partial charge on any atom is -0.360 e. The van der Waals surface area contributed by atoms with Crippen molar-refractivity contribution in [3.63, 3.8) is 0 Å². The van der Waals surface area contributed by atoms with Gasteiger partial charge in [0.25, 0.3) is 0 Å². The molecule has 8 heteroatoms. The molecular weight excluding hydrogens is 331 g/mol. The fourth-order valence-corrected chi connectivity index (χ4v) is 3.09. The van der Waals surface area contributed by atoms with Gasteiger partial charge in [-0.25, -0.2) is 9.97 Å². The Balaban J connectivity index is 1.82. The number of para-hydroxylation sites is 1. The van der Waals surface area contributed by atoms with Crippen LogP contribution in [0.5, 0.6) is 0 Å². The first-order valence-electron chi connectivity index (χ1n) is 8.00. The summed E-state index contributed by atoms with van der Waals surface area (Å²) >= 11 is 0. The van der Waals surface area contributed by atoms with Gasteiger partial charge in [-0.1, -0.05) is 18.2 Å². The third-order valence-electron chi connectivity index (χ3n) is 4.33. The summed E-state index contributed by atoms with van der Waals surface area (Å²) in [7, 11) is 0. The van der Waals surface area contributed by atoms with E-state index in [4.69, 9.17) is 0 Å². The molecule has 0 spiro atoms. The molecule has 130 valence electrons. The summed E-state index contributed by atoms with van der Waals surface area (Å²) in [6.45, 7) is 1.61. The number of halogens is 3. The van der Waals surface area contributed by atoms with Crippen LogP contribution in [0.2, 0.25) is 0 Å². The number of nitrogens with zero attached hydrogens (tertiary/aromatic N) is 2. The largest absolute Gasteiger partial charge is 0.419 e. The van der Waals surface area contributed by atoms with Crippen molar-refractivity contribution < 1.29 is 13.2 Å². The first-order chi connectivity index (χ1) is 12.0. The molecule has 3 heterocycles. The van der Waals surface area contributed by atoms with Gasteiger partial charge in [-0.15, -0.1) is 0 Å². The quantitative estimate of drug-likeness (QED) is 0.679. The maximum atomic E-state index is 13.5. The molecule has 1 fully saturated rings. The van der Waals surface area contributed by atoms with Crippen molar-refractivity contribution in [3.05, 3.63) is 42.2 Å². The minimum absolute atomic E-state index is 0.117. The Labute approximate surface area is 141 Å². The van der Waals surface area contributed by atoms with E-state index >= 15 is 0 Å². The molecule has 1 saturated heterocycles. The van der Waals surface area contributed by atoms with Crippen LogP contribution < -0.4 is 10.6 Å². The highest BCUT2D eigenvalue weighted by Gasteiger charge is 2.36. The highest BCUT2D eigenvalue weighted by Crippen LogP contribution is 2.38. The second-order valence-corrected chi connectivity index (χ2v) is 6.04. The molecule has 3 aromatic rings. The Morgan fingerprint density at radius 3 is 2.80 bits per heavy atom. The second kappa shape index (κ2) is 6.03. The van der Waals surface area contributed by atoms with Crippen LogP contribution in [-0.4, -0.2) is 34.1 Å². The van der Waals surface area contributed by atoms with Gasteiger partial charge in [-0.3, -0.25) is 0 Å². The first-order valence-corrected chi connectivity index (χ1v) is 8.00. The van der Waals surface area contributed by atoms with Crippen molar-refractivity contribution in [2.24, 2.45) is 0 Å². The van der Waals surface area contributed by atoms with Crippen molar-refractivity contribution in [1.29, 1.82) is 0 Å². The van der Waals surface area contributed by atoms with Crippen LogP contribution in [0, 0.1) is 0 Å². The smallest absolute Gasteiger partial charge is 0.360 e. The lowest BCUT2D eigenvalue weighted by atomic mass is 10.1. The fourth-order valence-electron chi connectivity index (χ4n) is 3.09. The molecule has 0 amide bonds. The van der Waals surface area contributed by atoms with Crippen molar-refractivity contribution in [1.82, 2.24) is 20.3 Å². The number of aromatic amines is 1. The number of hydrogen-bond donors (Lipinski definition) is 3. The molecule has 1 unspecified atom stereocenters. The Kier molecular flexibility index (Phi) is 3.84. The average Bonchev–Trinajstić information content (AvgIpc) is 3.23. The Bertz CT molecular complexity index is 897. The number of hydrogen-bond acceptors (Lipinski definition) is 4. The zero-order valence-corrected chi connectivity index (χ0v) is 13.2. The third-order valence-corrected chi connectivity index (χ3v) is 4.33. The van der Waals surface area contributed by atoms with E-state index in [-0.39, 0.29) is 17.7 Å². The van der Waals surface area contributed by atoms with Gasteiger partial charge in [0.2, 0.25) is 5.95 Å². The minimum atomic E-state index is -4.53. The van der Waals surface area contributed by atoms with Gasteiger partial charge in [0, 0.05) is 41.4 Å². The van der Waals surface area contributed by atoms with Crippen LogP contribution in [0.25, 0.3) is 22.2 Å². The number of H-pyrrole nitrogens is 1. The average molecular weight is 347 g/mol. The number of rotatable bonds is 3. The molecule has 4 rings (SSSR count). The van der Waals surface area contributed by atoms with E-state index in [2.05, 4.69) is 25.6 Å². The predicted octanol–water partition coefficient (Wildman–Crippen LogP) is 3.42.